The molecule has 1 amide bonds. The molecule has 0 bridgehead atoms. The number of hydrogen-bond donors (Lipinski definition) is 0. The van der Waals surface area contributed by atoms with Crippen molar-refractivity contribution in [2.24, 2.45) is 0 Å². The molecule has 0 aliphatic carbocycles. The van der Waals surface area contributed by atoms with Crippen LogP contribution in [0.1, 0.15) is 21.8 Å². The van der Waals surface area contributed by atoms with E-state index in [-0.39, 0.29) is 12.5 Å². The summed E-state index contributed by atoms with van der Waals surface area (Å²) in [5.74, 6) is -0.327. The molecule has 104 valence electrons. The van der Waals surface area contributed by atoms with E-state index in [0.29, 0.717) is 30.2 Å². The number of rotatable bonds is 2. The highest BCUT2D eigenvalue weighted by Gasteiger charge is 2.36. The Hall–Kier alpha value is -1.89. The average molecular weight is 268 g/mol. The zero-order valence-electron chi connectivity index (χ0n) is 11.1. The maximum atomic E-state index is 12.5. The van der Waals surface area contributed by atoms with Gasteiger partial charge in [0, 0.05) is 6.54 Å². The minimum Gasteiger partial charge on any atom is -0.467 e. The van der Waals surface area contributed by atoms with E-state index in [4.69, 9.17) is 14.0 Å². The molecule has 0 N–H and O–H groups in total. The highest BCUT2D eigenvalue weighted by atomic mass is 16.5. The maximum absolute atomic E-state index is 12.5. The molecule has 2 heterocycles. The minimum absolute atomic E-state index is 0.141. The minimum atomic E-state index is -0.722. The summed E-state index contributed by atoms with van der Waals surface area (Å²) in [6.45, 7) is 4.23. The first-order valence-corrected chi connectivity index (χ1v) is 5.95. The van der Waals surface area contributed by atoms with Gasteiger partial charge in [0.05, 0.1) is 26.0 Å². The number of morpholine rings is 1. The molecule has 1 fully saturated rings. The molecule has 7 heteroatoms. The Morgan fingerprint density at radius 1 is 1.42 bits per heavy atom. The molecule has 1 unspecified atom stereocenters. The van der Waals surface area contributed by atoms with Crippen LogP contribution in [0.4, 0.5) is 0 Å². The van der Waals surface area contributed by atoms with Crippen LogP contribution in [0, 0.1) is 13.8 Å². The molecular formula is C12H16N2O5. The van der Waals surface area contributed by atoms with E-state index in [1.807, 2.05) is 0 Å². The average Bonchev–Trinajstić information content (AvgIpc) is 2.76. The normalized spacial score (nSPS) is 19.3. The standard InChI is InChI=1S/C12H16N2O5/c1-7-10(8(2)19-13-7)11(15)14-4-5-18-6-9(14)12(16)17-3/h9H,4-6H2,1-3H3. The van der Waals surface area contributed by atoms with E-state index < -0.39 is 12.0 Å². The number of carbonyl (C=O) groups is 2. The number of methoxy groups -OCH3 is 1. The predicted molar refractivity (Wildman–Crippen MR) is 63.6 cm³/mol. The van der Waals surface area contributed by atoms with Crippen molar-refractivity contribution in [2.45, 2.75) is 19.9 Å². The lowest BCUT2D eigenvalue weighted by atomic mass is 10.1. The monoisotopic (exact) mass is 268 g/mol. The van der Waals surface area contributed by atoms with Gasteiger partial charge in [-0.25, -0.2) is 4.79 Å². The lowest BCUT2D eigenvalue weighted by Crippen LogP contribution is -2.53. The van der Waals surface area contributed by atoms with Gasteiger partial charge in [-0.05, 0) is 13.8 Å². The van der Waals surface area contributed by atoms with Gasteiger partial charge < -0.3 is 18.9 Å². The molecule has 0 saturated carbocycles. The Morgan fingerprint density at radius 3 is 2.74 bits per heavy atom. The van der Waals surface area contributed by atoms with Crippen LogP contribution in [0.3, 0.4) is 0 Å². The second-order valence-electron chi connectivity index (χ2n) is 4.31. The second-order valence-corrected chi connectivity index (χ2v) is 4.31. The Morgan fingerprint density at radius 2 is 2.16 bits per heavy atom. The Labute approximate surface area is 110 Å². The summed E-state index contributed by atoms with van der Waals surface area (Å²) in [4.78, 5) is 25.6. The van der Waals surface area contributed by atoms with Gasteiger partial charge in [-0.2, -0.15) is 0 Å². The van der Waals surface area contributed by atoms with Crippen LogP contribution in [0.5, 0.6) is 0 Å². The third kappa shape index (κ3) is 2.46. The molecule has 1 aliphatic heterocycles. The first-order chi connectivity index (χ1) is 9.06. The number of aromatic nitrogens is 1. The van der Waals surface area contributed by atoms with Gasteiger partial charge in [0.1, 0.15) is 11.3 Å². The van der Waals surface area contributed by atoms with Crippen molar-refractivity contribution in [3.8, 4) is 0 Å². The number of aryl methyl sites for hydroxylation is 2. The van der Waals surface area contributed by atoms with Crippen LogP contribution in [0.15, 0.2) is 4.52 Å². The van der Waals surface area contributed by atoms with Gasteiger partial charge in [-0.1, -0.05) is 5.16 Å². The van der Waals surface area contributed by atoms with E-state index in [1.165, 1.54) is 12.0 Å². The lowest BCUT2D eigenvalue weighted by molar-refractivity contribution is -0.151. The molecule has 19 heavy (non-hydrogen) atoms. The number of hydrogen-bond acceptors (Lipinski definition) is 6. The number of esters is 1. The molecule has 1 aliphatic rings. The van der Waals surface area contributed by atoms with Crippen LogP contribution in [0.2, 0.25) is 0 Å². The predicted octanol–water partition coefficient (Wildman–Crippen LogP) is 0.305. The van der Waals surface area contributed by atoms with Crippen molar-refractivity contribution < 1.29 is 23.6 Å². The van der Waals surface area contributed by atoms with Gasteiger partial charge in [-0.15, -0.1) is 0 Å². The Balaban J connectivity index is 2.28. The Kier molecular flexibility index (Phi) is 3.84. The van der Waals surface area contributed by atoms with Gasteiger partial charge >= 0.3 is 5.97 Å². The van der Waals surface area contributed by atoms with Crippen molar-refractivity contribution >= 4 is 11.9 Å². The first kappa shape index (κ1) is 13.5. The van der Waals surface area contributed by atoms with Crippen LogP contribution < -0.4 is 0 Å². The van der Waals surface area contributed by atoms with Crippen LogP contribution in [0.25, 0.3) is 0 Å². The van der Waals surface area contributed by atoms with Gasteiger partial charge in [0.15, 0.2) is 6.04 Å². The van der Waals surface area contributed by atoms with E-state index in [0.717, 1.165) is 0 Å². The number of nitrogens with zero attached hydrogens (tertiary/aromatic N) is 2. The van der Waals surface area contributed by atoms with Crippen molar-refractivity contribution in [1.29, 1.82) is 0 Å². The molecule has 0 aromatic carbocycles. The van der Waals surface area contributed by atoms with E-state index in [9.17, 15) is 9.59 Å². The van der Waals surface area contributed by atoms with E-state index in [1.54, 1.807) is 13.8 Å². The highest BCUT2D eigenvalue weighted by Crippen LogP contribution is 2.19. The first-order valence-electron chi connectivity index (χ1n) is 5.95. The summed E-state index contributed by atoms with van der Waals surface area (Å²) in [7, 11) is 1.29. The fraction of sp³-hybridized carbons (Fsp3) is 0.583. The van der Waals surface area contributed by atoms with Gasteiger partial charge in [-0.3, -0.25) is 4.79 Å². The molecule has 1 saturated heterocycles. The molecule has 1 atom stereocenters. The molecule has 0 spiro atoms. The summed E-state index contributed by atoms with van der Waals surface area (Å²) in [5, 5.41) is 3.75. The molecule has 1 aromatic rings. The largest absolute Gasteiger partial charge is 0.467 e. The van der Waals surface area contributed by atoms with Crippen LogP contribution >= 0.6 is 0 Å². The number of amides is 1. The lowest BCUT2D eigenvalue weighted by Gasteiger charge is -2.33. The van der Waals surface area contributed by atoms with Crippen molar-refractivity contribution in [3.05, 3.63) is 17.0 Å². The Bertz CT molecular complexity index is 477. The molecule has 1 aromatic heterocycles. The van der Waals surface area contributed by atoms with Crippen molar-refractivity contribution in [1.82, 2.24) is 10.1 Å². The molecule has 0 radical (unpaired) electrons. The second kappa shape index (κ2) is 5.40. The zero-order valence-corrected chi connectivity index (χ0v) is 11.1. The quantitative estimate of drug-likeness (QED) is 0.718. The summed E-state index contributed by atoms with van der Waals surface area (Å²) in [6.07, 6.45) is 0. The molecule has 2 rings (SSSR count). The third-order valence-electron chi connectivity index (χ3n) is 3.11. The van der Waals surface area contributed by atoms with E-state index in [2.05, 4.69) is 5.16 Å². The highest BCUT2D eigenvalue weighted by molar-refractivity contribution is 5.98. The van der Waals surface area contributed by atoms with Gasteiger partial charge in [0.2, 0.25) is 0 Å². The third-order valence-corrected chi connectivity index (χ3v) is 3.11. The van der Waals surface area contributed by atoms with Crippen molar-refractivity contribution in [3.63, 3.8) is 0 Å². The molecule has 7 nitrogen and oxygen atoms in total. The SMILES string of the molecule is COC(=O)C1COCCN1C(=O)c1c(C)noc1C. The zero-order chi connectivity index (χ0) is 14.0. The number of ether oxygens (including phenoxy) is 2. The van der Waals surface area contributed by atoms with Crippen LogP contribution in [-0.4, -0.2) is 54.8 Å². The van der Waals surface area contributed by atoms with Gasteiger partial charge in [0.25, 0.3) is 5.91 Å². The summed E-state index contributed by atoms with van der Waals surface area (Å²) >= 11 is 0. The summed E-state index contributed by atoms with van der Waals surface area (Å²) in [5.41, 5.74) is 0.911. The smallest absolute Gasteiger partial charge is 0.331 e. The maximum Gasteiger partial charge on any atom is 0.331 e. The topological polar surface area (TPSA) is 81.9 Å². The molecular weight excluding hydrogens is 252 g/mol. The summed E-state index contributed by atoms with van der Waals surface area (Å²) < 4.78 is 14.9. The van der Waals surface area contributed by atoms with Crippen LogP contribution in [-0.2, 0) is 14.3 Å². The van der Waals surface area contributed by atoms with Crippen molar-refractivity contribution in [2.75, 3.05) is 26.9 Å². The number of carbonyl (C=O) groups excluding carboxylic acids is 2. The summed E-state index contributed by atoms with van der Waals surface area (Å²) in [6, 6.07) is -0.722. The fourth-order valence-corrected chi connectivity index (χ4v) is 2.11. The van der Waals surface area contributed by atoms with E-state index >= 15 is 0 Å². The fourth-order valence-electron chi connectivity index (χ4n) is 2.11.